The van der Waals surface area contributed by atoms with E-state index in [-0.39, 0.29) is 18.4 Å². The molecule has 2 atom stereocenters. The second-order valence-corrected chi connectivity index (χ2v) is 6.66. The average Bonchev–Trinajstić information content (AvgIpc) is 2.45. The third kappa shape index (κ3) is 7.63. The van der Waals surface area contributed by atoms with Crippen LogP contribution in [0.25, 0.3) is 0 Å². The van der Waals surface area contributed by atoms with Crippen molar-refractivity contribution in [2.75, 3.05) is 0 Å². The van der Waals surface area contributed by atoms with Gasteiger partial charge in [0.25, 0.3) is 0 Å². The van der Waals surface area contributed by atoms with Crippen LogP contribution in [0, 0.1) is 11.3 Å². The molecule has 1 aromatic rings. The molecule has 6 heteroatoms. The van der Waals surface area contributed by atoms with Crippen LogP contribution < -0.4 is 10.6 Å². The smallest absolute Gasteiger partial charge is 0.408 e. The lowest BCUT2D eigenvalue weighted by atomic mass is 10.0. The number of hydrogen-bond donors (Lipinski definition) is 2. The number of benzene rings is 1. The van der Waals surface area contributed by atoms with Crippen molar-refractivity contribution in [2.45, 2.75) is 58.2 Å². The summed E-state index contributed by atoms with van der Waals surface area (Å²) in [7, 11) is 0. The Kier molecular flexibility index (Phi) is 7.25. The highest BCUT2D eigenvalue weighted by atomic mass is 16.6. The number of nitrogens with zero attached hydrogens (tertiary/aromatic N) is 1. The van der Waals surface area contributed by atoms with Gasteiger partial charge in [-0.2, -0.15) is 5.26 Å². The van der Waals surface area contributed by atoms with E-state index in [1.165, 1.54) is 0 Å². The number of hydrogen-bond acceptors (Lipinski definition) is 4. The fourth-order valence-electron chi connectivity index (χ4n) is 2.04. The number of amides is 2. The molecule has 130 valence electrons. The first-order valence-corrected chi connectivity index (χ1v) is 7.92. The van der Waals surface area contributed by atoms with Gasteiger partial charge in [0.2, 0.25) is 5.91 Å². The van der Waals surface area contributed by atoms with Crippen LogP contribution in [0.3, 0.4) is 0 Å². The minimum atomic E-state index is -0.775. The van der Waals surface area contributed by atoms with E-state index in [4.69, 9.17) is 10.00 Å². The number of alkyl carbamates (subject to hydrolysis) is 1. The summed E-state index contributed by atoms with van der Waals surface area (Å²) < 4.78 is 5.23. The maximum Gasteiger partial charge on any atom is 0.408 e. The molecule has 0 aliphatic carbocycles. The Morgan fingerprint density at radius 3 is 2.38 bits per heavy atom. The monoisotopic (exact) mass is 331 g/mol. The molecule has 0 radical (unpaired) electrons. The van der Waals surface area contributed by atoms with Crippen LogP contribution >= 0.6 is 0 Å². The number of carbonyl (C=O) groups is 2. The fraction of sp³-hybridized carbons (Fsp3) is 0.500. The topological polar surface area (TPSA) is 91.2 Å². The molecule has 0 aromatic heterocycles. The minimum Gasteiger partial charge on any atom is -0.444 e. The Labute approximate surface area is 143 Å². The van der Waals surface area contributed by atoms with Gasteiger partial charge < -0.3 is 15.4 Å². The highest BCUT2D eigenvalue weighted by molar-refractivity contribution is 5.86. The van der Waals surface area contributed by atoms with E-state index in [9.17, 15) is 9.59 Å². The van der Waals surface area contributed by atoms with Crippen LogP contribution in [0.1, 0.15) is 39.7 Å². The zero-order valence-corrected chi connectivity index (χ0v) is 14.6. The van der Waals surface area contributed by atoms with Crippen molar-refractivity contribution in [1.82, 2.24) is 10.6 Å². The van der Waals surface area contributed by atoms with Gasteiger partial charge in [-0.1, -0.05) is 30.3 Å². The van der Waals surface area contributed by atoms with E-state index in [1.807, 2.05) is 36.4 Å². The van der Waals surface area contributed by atoms with Gasteiger partial charge in [0.05, 0.1) is 12.5 Å². The largest absolute Gasteiger partial charge is 0.444 e. The molecule has 0 fully saturated rings. The normalized spacial score (nSPS) is 13.3. The van der Waals surface area contributed by atoms with Crippen molar-refractivity contribution in [3.05, 3.63) is 35.9 Å². The van der Waals surface area contributed by atoms with Gasteiger partial charge in [-0.15, -0.1) is 0 Å². The van der Waals surface area contributed by atoms with Crippen molar-refractivity contribution in [3.63, 3.8) is 0 Å². The molecule has 0 unspecified atom stereocenters. The SMILES string of the molecule is C[C@@H](CC#N)NC(=O)[C@H](Cc1ccccc1)NC(=O)OC(C)(C)C. The molecular weight excluding hydrogens is 306 g/mol. The Bertz CT molecular complexity index is 588. The number of nitriles is 1. The molecule has 0 saturated carbocycles. The maximum atomic E-state index is 12.4. The van der Waals surface area contributed by atoms with Crippen LogP contribution in [0.2, 0.25) is 0 Å². The van der Waals surface area contributed by atoms with Gasteiger partial charge in [-0.3, -0.25) is 4.79 Å². The Hall–Kier alpha value is -2.55. The third-order valence-corrected chi connectivity index (χ3v) is 3.08. The highest BCUT2D eigenvalue weighted by Gasteiger charge is 2.25. The first-order chi connectivity index (χ1) is 11.2. The molecule has 0 aliphatic rings. The molecule has 0 aliphatic heterocycles. The number of nitrogens with one attached hydrogen (secondary N) is 2. The molecule has 0 spiro atoms. The minimum absolute atomic E-state index is 0.205. The van der Waals surface area contributed by atoms with E-state index in [1.54, 1.807) is 27.7 Å². The van der Waals surface area contributed by atoms with Crippen LogP contribution in [0.4, 0.5) is 4.79 Å². The Balaban J connectivity index is 2.80. The Morgan fingerprint density at radius 2 is 1.83 bits per heavy atom. The third-order valence-electron chi connectivity index (χ3n) is 3.08. The van der Waals surface area contributed by atoms with Gasteiger partial charge in [-0.25, -0.2) is 4.79 Å². The van der Waals surface area contributed by atoms with Gasteiger partial charge in [0.15, 0.2) is 0 Å². The first-order valence-electron chi connectivity index (χ1n) is 7.92. The molecule has 2 amide bonds. The molecule has 0 bridgehead atoms. The van der Waals surface area contributed by atoms with Gasteiger partial charge in [-0.05, 0) is 33.3 Å². The maximum absolute atomic E-state index is 12.4. The summed E-state index contributed by atoms with van der Waals surface area (Å²) in [4.78, 5) is 24.5. The number of rotatable bonds is 6. The zero-order valence-electron chi connectivity index (χ0n) is 14.6. The lowest BCUT2D eigenvalue weighted by molar-refractivity contribution is -0.123. The predicted octanol–water partition coefficient (Wildman–Crippen LogP) is 2.54. The summed E-state index contributed by atoms with van der Waals surface area (Å²) in [5, 5.41) is 14.1. The van der Waals surface area contributed by atoms with E-state index < -0.39 is 17.7 Å². The highest BCUT2D eigenvalue weighted by Crippen LogP contribution is 2.09. The molecule has 0 heterocycles. The van der Waals surface area contributed by atoms with Crippen LogP contribution in [0.5, 0.6) is 0 Å². The van der Waals surface area contributed by atoms with Gasteiger partial charge in [0, 0.05) is 12.5 Å². The van der Waals surface area contributed by atoms with Crippen LogP contribution in [0.15, 0.2) is 30.3 Å². The van der Waals surface area contributed by atoms with Crippen molar-refractivity contribution in [3.8, 4) is 6.07 Å². The van der Waals surface area contributed by atoms with Crippen molar-refractivity contribution >= 4 is 12.0 Å². The summed E-state index contributed by atoms with van der Waals surface area (Å²) in [6.07, 6.45) is -0.104. The standard InChI is InChI=1S/C18H25N3O3/c1-13(10-11-19)20-16(22)15(12-14-8-6-5-7-9-14)21-17(23)24-18(2,3)4/h5-9,13,15H,10,12H2,1-4H3,(H,20,22)(H,21,23)/t13-,15-/m0/s1. The Morgan fingerprint density at radius 1 is 1.21 bits per heavy atom. The van der Waals surface area contributed by atoms with E-state index in [0.717, 1.165) is 5.56 Å². The second-order valence-electron chi connectivity index (χ2n) is 6.66. The van der Waals surface area contributed by atoms with E-state index in [2.05, 4.69) is 10.6 Å². The van der Waals surface area contributed by atoms with Crippen molar-refractivity contribution in [2.24, 2.45) is 0 Å². The summed E-state index contributed by atoms with van der Waals surface area (Å²) in [5.41, 5.74) is 0.271. The summed E-state index contributed by atoms with van der Waals surface area (Å²) >= 11 is 0. The van der Waals surface area contributed by atoms with Gasteiger partial charge >= 0.3 is 6.09 Å². The van der Waals surface area contributed by atoms with E-state index >= 15 is 0 Å². The predicted molar refractivity (Wildman–Crippen MR) is 91.1 cm³/mol. The molecule has 24 heavy (non-hydrogen) atoms. The zero-order chi connectivity index (χ0) is 18.2. The van der Waals surface area contributed by atoms with Gasteiger partial charge in [0.1, 0.15) is 11.6 Å². The summed E-state index contributed by atoms with van der Waals surface area (Å²) in [5.74, 6) is -0.340. The van der Waals surface area contributed by atoms with Crippen molar-refractivity contribution in [1.29, 1.82) is 5.26 Å². The second kappa shape index (κ2) is 8.92. The molecule has 0 saturated heterocycles. The molecular formula is C18H25N3O3. The van der Waals surface area contributed by atoms with Crippen LogP contribution in [-0.4, -0.2) is 29.7 Å². The molecule has 2 N–H and O–H groups in total. The quantitative estimate of drug-likeness (QED) is 0.838. The first kappa shape index (κ1) is 19.5. The molecule has 1 aromatic carbocycles. The number of ether oxygens (including phenoxy) is 1. The average molecular weight is 331 g/mol. The summed E-state index contributed by atoms with van der Waals surface area (Å²) in [6, 6.07) is 10.3. The van der Waals surface area contributed by atoms with E-state index in [0.29, 0.717) is 6.42 Å². The van der Waals surface area contributed by atoms with Crippen molar-refractivity contribution < 1.29 is 14.3 Å². The molecule has 6 nitrogen and oxygen atoms in total. The van der Waals surface area contributed by atoms with Crippen LogP contribution in [-0.2, 0) is 16.0 Å². The molecule has 1 rings (SSSR count). The fourth-order valence-corrected chi connectivity index (χ4v) is 2.04. The number of carbonyl (C=O) groups excluding carboxylic acids is 2. The lowest BCUT2D eigenvalue weighted by Gasteiger charge is -2.24. The lowest BCUT2D eigenvalue weighted by Crippen LogP contribution is -2.51. The summed E-state index contributed by atoms with van der Waals surface area (Å²) in [6.45, 7) is 7.02.